The molecule has 230 valence electrons. The van der Waals surface area contributed by atoms with Gasteiger partial charge in [0.1, 0.15) is 5.78 Å². The van der Waals surface area contributed by atoms with Crippen LogP contribution in [0.5, 0.6) is 0 Å². The van der Waals surface area contributed by atoms with Crippen molar-refractivity contribution < 1.29 is 35.4 Å². The van der Waals surface area contributed by atoms with Crippen molar-refractivity contribution in [3.8, 4) is 0 Å². The second kappa shape index (κ2) is 11.5. The van der Waals surface area contributed by atoms with Crippen molar-refractivity contribution >= 4 is 5.78 Å². The van der Waals surface area contributed by atoms with Gasteiger partial charge < -0.3 is 30.6 Å². The van der Waals surface area contributed by atoms with Gasteiger partial charge in [-0.15, -0.1) is 0 Å². The van der Waals surface area contributed by atoms with Gasteiger partial charge >= 0.3 is 0 Å². The molecular formula is C33H56O7. The summed E-state index contributed by atoms with van der Waals surface area (Å²) in [4.78, 5) is 13.8. The number of aliphatic hydroxyl groups excluding tert-OH is 4. The van der Waals surface area contributed by atoms with E-state index >= 15 is 0 Å². The van der Waals surface area contributed by atoms with Gasteiger partial charge in [0.15, 0.2) is 5.79 Å². The van der Waals surface area contributed by atoms with Crippen molar-refractivity contribution in [3.05, 3.63) is 0 Å². The zero-order valence-electron chi connectivity index (χ0n) is 25.2. The van der Waals surface area contributed by atoms with E-state index in [-0.39, 0.29) is 41.3 Å². The van der Waals surface area contributed by atoms with Crippen molar-refractivity contribution in [1.82, 2.24) is 0 Å². The minimum atomic E-state index is -1.58. The van der Waals surface area contributed by atoms with Crippen LogP contribution in [-0.2, 0) is 4.79 Å². The number of hydrogen-bond donors (Lipinski definition) is 6. The van der Waals surface area contributed by atoms with Crippen LogP contribution in [0.25, 0.3) is 0 Å². The molecule has 0 amide bonds. The molecule has 6 N–H and O–H groups in total. The molecule has 0 radical (unpaired) electrons. The summed E-state index contributed by atoms with van der Waals surface area (Å²) in [5.74, 6) is -0.528. The van der Waals surface area contributed by atoms with Gasteiger partial charge in [0.2, 0.25) is 0 Å². The Morgan fingerprint density at radius 2 is 1.55 bits per heavy atom. The fraction of sp³-hybridized carbons (Fsp3) is 0.970. The van der Waals surface area contributed by atoms with Crippen molar-refractivity contribution in [2.45, 2.75) is 135 Å². The molecule has 0 aromatic heterocycles. The van der Waals surface area contributed by atoms with Crippen LogP contribution < -0.4 is 0 Å². The minimum absolute atomic E-state index is 0.0480. The van der Waals surface area contributed by atoms with Crippen LogP contribution in [-0.4, -0.2) is 66.6 Å². The minimum Gasteiger partial charge on any atom is -0.393 e. The Hall–Kier alpha value is -0.570. The predicted molar refractivity (Wildman–Crippen MR) is 152 cm³/mol. The van der Waals surface area contributed by atoms with E-state index < -0.39 is 41.5 Å². The first-order valence-corrected chi connectivity index (χ1v) is 16.4. The maximum atomic E-state index is 13.8. The zero-order valence-corrected chi connectivity index (χ0v) is 25.2. The number of carbonyl (C=O) groups is 1. The number of fused-ring (bicyclic) bond motifs is 3. The highest BCUT2D eigenvalue weighted by molar-refractivity contribution is 5.89. The van der Waals surface area contributed by atoms with Crippen molar-refractivity contribution in [2.75, 3.05) is 0 Å². The fourth-order valence-electron chi connectivity index (χ4n) is 11.0. The number of ketones is 1. The monoisotopic (exact) mass is 564 g/mol. The van der Waals surface area contributed by atoms with Crippen molar-refractivity contribution in [3.63, 3.8) is 0 Å². The molecule has 0 spiro atoms. The lowest BCUT2D eigenvalue weighted by Gasteiger charge is -2.62. The fourth-order valence-corrected chi connectivity index (χ4v) is 11.0. The molecule has 0 saturated heterocycles. The maximum absolute atomic E-state index is 13.8. The van der Waals surface area contributed by atoms with Crippen LogP contribution in [0, 0.1) is 64.6 Å². The van der Waals surface area contributed by atoms with Crippen molar-refractivity contribution in [2.24, 2.45) is 64.6 Å². The second-order valence-electron chi connectivity index (χ2n) is 15.5. The highest BCUT2D eigenvalue weighted by atomic mass is 16.5. The number of Topliss-reactive ketones (excluding diaryl/α,β-unsaturated/α-hetero) is 1. The average molecular weight is 565 g/mol. The third-order valence-corrected chi connectivity index (χ3v) is 13.1. The molecule has 0 aliphatic heterocycles. The Labute approximate surface area is 240 Å². The van der Waals surface area contributed by atoms with Gasteiger partial charge in [0, 0.05) is 17.8 Å². The van der Waals surface area contributed by atoms with Crippen LogP contribution in [0.4, 0.5) is 0 Å². The smallest absolute Gasteiger partial charge is 0.159 e. The lowest BCUT2D eigenvalue weighted by atomic mass is 9.43. The molecule has 7 heteroatoms. The van der Waals surface area contributed by atoms with E-state index in [9.17, 15) is 35.4 Å². The first-order chi connectivity index (χ1) is 18.7. The predicted octanol–water partition coefficient (Wildman–Crippen LogP) is 3.66. The first kappa shape index (κ1) is 30.9. The van der Waals surface area contributed by atoms with E-state index in [4.69, 9.17) is 0 Å². The first-order valence-electron chi connectivity index (χ1n) is 16.4. The van der Waals surface area contributed by atoms with Gasteiger partial charge in [-0.2, -0.15) is 0 Å². The molecule has 5 saturated carbocycles. The Morgan fingerprint density at radius 1 is 0.900 bits per heavy atom. The number of carbonyl (C=O) groups excluding carboxylic acids is 1. The molecule has 13 atom stereocenters. The number of rotatable bonds is 6. The van der Waals surface area contributed by atoms with Gasteiger partial charge in [-0.05, 0) is 113 Å². The molecule has 5 fully saturated rings. The SMILES string of the molecule is CC(O)C1C(=O)[C@@]2(C)C(C)C3C(O)C4C(O)CCC(CCC5CCC(CC(C)(O)O)CC5)C4C[C@H]3C[C@H]2CC1O. The van der Waals surface area contributed by atoms with Crippen LogP contribution in [0.2, 0.25) is 0 Å². The van der Waals surface area contributed by atoms with E-state index in [2.05, 4.69) is 6.92 Å². The summed E-state index contributed by atoms with van der Waals surface area (Å²) in [6, 6.07) is 0. The van der Waals surface area contributed by atoms with Gasteiger partial charge in [0.05, 0.1) is 30.3 Å². The normalized spacial score (nSPS) is 50.5. The summed E-state index contributed by atoms with van der Waals surface area (Å²) in [6.07, 6.45) is 8.30. The summed E-state index contributed by atoms with van der Waals surface area (Å²) >= 11 is 0. The lowest BCUT2D eigenvalue weighted by molar-refractivity contribution is -0.200. The summed E-state index contributed by atoms with van der Waals surface area (Å²) in [5, 5.41) is 63.8. The number of hydrogen-bond acceptors (Lipinski definition) is 7. The third-order valence-electron chi connectivity index (χ3n) is 13.1. The average Bonchev–Trinajstić information content (AvgIpc) is 2.85. The van der Waals surface area contributed by atoms with Gasteiger partial charge in [-0.1, -0.05) is 33.1 Å². The van der Waals surface area contributed by atoms with Crippen molar-refractivity contribution in [1.29, 1.82) is 0 Å². The van der Waals surface area contributed by atoms with E-state index in [1.807, 2.05) is 6.92 Å². The summed E-state index contributed by atoms with van der Waals surface area (Å²) in [5.41, 5.74) is -0.683. The maximum Gasteiger partial charge on any atom is 0.159 e. The summed E-state index contributed by atoms with van der Waals surface area (Å²) in [7, 11) is 0. The zero-order chi connectivity index (χ0) is 29.1. The molecule has 7 nitrogen and oxygen atoms in total. The highest BCUT2D eigenvalue weighted by Crippen LogP contribution is 2.62. The molecule has 0 heterocycles. The Bertz CT molecular complexity index is 892. The molecule has 0 aromatic carbocycles. The molecule has 5 rings (SSSR count). The number of aliphatic hydroxyl groups is 6. The molecule has 40 heavy (non-hydrogen) atoms. The third kappa shape index (κ3) is 5.57. The molecule has 10 unspecified atom stereocenters. The topological polar surface area (TPSA) is 138 Å². The molecule has 0 aromatic rings. The molecule has 5 aliphatic carbocycles. The van der Waals surface area contributed by atoms with Crippen LogP contribution in [0.1, 0.15) is 105 Å². The standard InChI is InChI=1S/C33H56O7/c1-17-27-22(13-23-15-26(36)28(18(2)34)31(38)33(17,23)4)14-24-21(11-12-25(35)29(24)30(27)37)10-9-19-5-7-20(8-6-19)16-32(3,39)40/h17-30,34-37,39-40H,5-16H2,1-4H3/t17?,18?,19?,20?,21?,22-,23+,24?,25?,26?,27?,28?,29?,30?,33+/m1/s1. The molecule has 0 bridgehead atoms. The largest absolute Gasteiger partial charge is 0.393 e. The Balaban J connectivity index is 1.27. The lowest BCUT2D eigenvalue weighted by Crippen LogP contribution is -2.64. The van der Waals surface area contributed by atoms with Crippen LogP contribution >= 0.6 is 0 Å². The van der Waals surface area contributed by atoms with E-state index in [0.29, 0.717) is 30.6 Å². The highest BCUT2D eigenvalue weighted by Gasteiger charge is 2.64. The van der Waals surface area contributed by atoms with Gasteiger partial charge in [-0.3, -0.25) is 4.79 Å². The van der Waals surface area contributed by atoms with E-state index in [1.54, 1.807) is 6.92 Å². The summed E-state index contributed by atoms with van der Waals surface area (Å²) < 4.78 is 0. The van der Waals surface area contributed by atoms with E-state index in [0.717, 1.165) is 64.2 Å². The quantitative estimate of drug-likeness (QED) is 0.271. The van der Waals surface area contributed by atoms with Gasteiger partial charge in [0.25, 0.3) is 0 Å². The van der Waals surface area contributed by atoms with E-state index in [1.165, 1.54) is 6.92 Å². The van der Waals surface area contributed by atoms with Crippen LogP contribution in [0.15, 0.2) is 0 Å². The Morgan fingerprint density at radius 3 is 2.17 bits per heavy atom. The summed E-state index contributed by atoms with van der Waals surface area (Å²) in [6.45, 7) is 7.18. The molecular weight excluding hydrogens is 508 g/mol. The van der Waals surface area contributed by atoms with Crippen LogP contribution in [0.3, 0.4) is 0 Å². The van der Waals surface area contributed by atoms with Gasteiger partial charge in [-0.25, -0.2) is 0 Å². The Kier molecular flexibility index (Phi) is 8.87. The second-order valence-corrected chi connectivity index (χ2v) is 15.5. The molecule has 5 aliphatic rings.